The van der Waals surface area contributed by atoms with E-state index in [9.17, 15) is 15.1 Å². The summed E-state index contributed by atoms with van der Waals surface area (Å²) >= 11 is 0. The van der Waals surface area contributed by atoms with E-state index >= 15 is 0 Å². The Morgan fingerprint density at radius 1 is 1.04 bits per heavy atom. The van der Waals surface area contributed by atoms with Gasteiger partial charge in [-0.1, -0.05) is 42.5 Å². The molecule has 0 aliphatic heterocycles. The SMILES string of the molecule is COc1ccccc1C(=O)N[C@H](C(=[N+]=[N-])C(=O)OC(C)(C)C)c1ccccc1. The number of ether oxygens (including phenoxy) is 2. The molecular weight excluding hydrogens is 358 g/mol. The largest absolute Gasteiger partial charge is 0.496 e. The first-order valence-corrected chi connectivity index (χ1v) is 8.71. The second-order valence-corrected chi connectivity index (χ2v) is 7.00. The highest BCUT2D eigenvalue weighted by Gasteiger charge is 2.37. The summed E-state index contributed by atoms with van der Waals surface area (Å²) in [5, 5.41) is 2.73. The number of nitrogens with zero attached hydrogens (tertiary/aromatic N) is 2. The highest BCUT2D eigenvalue weighted by Crippen LogP contribution is 2.21. The van der Waals surface area contributed by atoms with Gasteiger partial charge in [-0.15, -0.1) is 0 Å². The third-order valence-electron chi connectivity index (χ3n) is 3.75. The summed E-state index contributed by atoms with van der Waals surface area (Å²) in [5.74, 6) is -0.938. The van der Waals surface area contributed by atoms with Gasteiger partial charge in [0.1, 0.15) is 11.4 Å². The summed E-state index contributed by atoms with van der Waals surface area (Å²) in [5.41, 5.74) is 9.24. The Hall–Kier alpha value is -3.44. The first kappa shape index (κ1) is 20.9. The zero-order chi connectivity index (χ0) is 20.7. The molecular formula is C21H23N3O4. The second-order valence-electron chi connectivity index (χ2n) is 7.00. The molecule has 0 fully saturated rings. The molecule has 0 aromatic heterocycles. The number of amides is 1. The number of esters is 1. The van der Waals surface area contributed by atoms with Gasteiger partial charge in [0, 0.05) is 0 Å². The van der Waals surface area contributed by atoms with Crippen LogP contribution >= 0.6 is 0 Å². The first-order chi connectivity index (χ1) is 13.3. The van der Waals surface area contributed by atoms with Crippen LogP contribution in [0.4, 0.5) is 0 Å². The molecule has 0 saturated heterocycles. The van der Waals surface area contributed by atoms with Crippen LogP contribution in [0.1, 0.15) is 42.7 Å². The molecule has 0 spiro atoms. The highest BCUT2D eigenvalue weighted by atomic mass is 16.6. The van der Waals surface area contributed by atoms with Gasteiger partial charge in [-0.2, -0.15) is 4.79 Å². The van der Waals surface area contributed by atoms with Gasteiger partial charge in [0.2, 0.25) is 0 Å². The zero-order valence-electron chi connectivity index (χ0n) is 16.3. The molecule has 2 aromatic rings. The second kappa shape index (κ2) is 8.97. The molecule has 7 nitrogen and oxygen atoms in total. The summed E-state index contributed by atoms with van der Waals surface area (Å²) < 4.78 is 10.5. The monoisotopic (exact) mass is 381 g/mol. The Morgan fingerprint density at radius 2 is 1.64 bits per heavy atom. The van der Waals surface area contributed by atoms with Gasteiger partial charge in [0.05, 0.1) is 12.7 Å². The Bertz CT molecular complexity index is 897. The number of benzene rings is 2. The van der Waals surface area contributed by atoms with Gasteiger partial charge in [-0.25, -0.2) is 4.79 Å². The fraction of sp³-hybridized carbons (Fsp3) is 0.286. The number of para-hydroxylation sites is 1. The van der Waals surface area contributed by atoms with Crippen molar-refractivity contribution in [2.45, 2.75) is 32.4 Å². The first-order valence-electron chi connectivity index (χ1n) is 8.71. The van der Waals surface area contributed by atoms with E-state index in [0.717, 1.165) is 0 Å². The number of rotatable bonds is 6. The predicted molar refractivity (Wildman–Crippen MR) is 104 cm³/mol. The molecule has 0 aliphatic carbocycles. The number of methoxy groups -OCH3 is 1. The van der Waals surface area contributed by atoms with Gasteiger partial charge in [0.25, 0.3) is 5.91 Å². The minimum absolute atomic E-state index is 0.285. The van der Waals surface area contributed by atoms with Crippen LogP contribution in [0.3, 0.4) is 0 Å². The van der Waals surface area contributed by atoms with Gasteiger partial charge < -0.3 is 20.3 Å². The topological polar surface area (TPSA) is 101 Å². The average Bonchev–Trinajstić information content (AvgIpc) is 2.67. The van der Waals surface area contributed by atoms with E-state index in [2.05, 4.69) is 10.1 Å². The van der Waals surface area contributed by atoms with Crippen molar-refractivity contribution in [1.82, 2.24) is 5.32 Å². The molecule has 0 heterocycles. The maximum Gasteiger partial charge on any atom is 0.420 e. The van der Waals surface area contributed by atoms with Crippen molar-refractivity contribution in [3.8, 4) is 5.75 Å². The molecule has 146 valence electrons. The van der Waals surface area contributed by atoms with Gasteiger partial charge in [-0.3, -0.25) is 4.79 Å². The van der Waals surface area contributed by atoms with E-state index in [4.69, 9.17) is 9.47 Å². The lowest BCUT2D eigenvalue weighted by Gasteiger charge is -2.20. The van der Waals surface area contributed by atoms with Crippen molar-refractivity contribution in [2.75, 3.05) is 7.11 Å². The summed E-state index contributed by atoms with van der Waals surface area (Å²) in [6, 6.07) is 14.4. The number of carbonyl (C=O) groups is 2. The summed E-state index contributed by atoms with van der Waals surface area (Å²) in [4.78, 5) is 28.5. The van der Waals surface area contributed by atoms with Gasteiger partial charge in [0.15, 0.2) is 6.04 Å². The minimum Gasteiger partial charge on any atom is -0.496 e. The van der Waals surface area contributed by atoms with E-state index < -0.39 is 23.5 Å². The normalized spacial score (nSPS) is 11.7. The van der Waals surface area contributed by atoms with E-state index in [1.807, 2.05) is 0 Å². The molecule has 28 heavy (non-hydrogen) atoms. The maximum absolute atomic E-state index is 12.9. The Labute approximate surface area is 163 Å². The fourth-order valence-corrected chi connectivity index (χ4v) is 2.54. The quantitative estimate of drug-likeness (QED) is 0.359. The molecule has 0 unspecified atom stereocenters. The molecule has 0 radical (unpaired) electrons. The molecule has 7 heteroatoms. The van der Waals surface area contributed by atoms with Crippen LogP contribution in [0.15, 0.2) is 54.6 Å². The summed E-state index contributed by atoms with van der Waals surface area (Å²) in [6.45, 7) is 5.10. The van der Waals surface area contributed by atoms with Crippen LogP contribution < -0.4 is 10.1 Å². The van der Waals surface area contributed by atoms with Gasteiger partial charge in [-0.05, 0) is 38.5 Å². The standard InChI is InChI=1S/C21H23N3O4/c1-21(2,3)28-20(26)18(24-22)17(14-10-6-5-7-11-14)23-19(25)15-12-8-9-13-16(15)27-4/h5-13,17H,1-4H3,(H,23,25)/t17-/m0/s1. The van der Waals surface area contributed by atoms with Crippen LogP contribution in [0.25, 0.3) is 5.53 Å². The third kappa shape index (κ3) is 5.28. The molecule has 1 atom stereocenters. The van der Waals surface area contributed by atoms with Gasteiger partial charge >= 0.3 is 11.7 Å². The molecule has 1 amide bonds. The smallest absolute Gasteiger partial charge is 0.420 e. The van der Waals surface area contributed by atoms with Crippen LogP contribution in [0, 0.1) is 0 Å². The summed E-state index contributed by atoms with van der Waals surface area (Å²) in [6.07, 6.45) is 0. The number of carbonyl (C=O) groups excluding carboxylic acids is 2. The molecule has 2 rings (SSSR count). The Kier molecular flexibility index (Phi) is 6.69. The number of hydrogen-bond donors (Lipinski definition) is 1. The predicted octanol–water partition coefficient (Wildman–Crippen LogP) is 3.18. The fourth-order valence-electron chi connectivity index (χ4n) is 2.54. The van der Waals surface area contributed by atoms with E-state index in [1.165, 1.54) is 7.11 Å². The Balaban J connectivity index is 2.41. The zero-order valence-corrected chi connectivity index (χ0v) is 16.3. The molecule has 1 N–H and O–H groups in total. The van der Waals surface area contributed by atoms with Crippen molar-refractivity contribution in [3.63, 3.8) is 0 Å². The lowest BCUT2D eigenvalue weighted by atomic mass is 10.0. The maximum atomic E-state index is 12.9. The molecule has 0 saturated carbocycles. The van der Waals surface area contributed by atoms with Crippen LogP contribution in [-0.2, 0) is 9.53 Å². The minimum atomic E-state index is -1.02. The van der Waals surface area contributed by atoms with Crippen LogP contribution in [-0.4, -0.2) is 35.1 Å². The molecule has 2 aromatic carbocycles. The summed E-state index contributed by atoms with van der Waals surface area (Å²) in [7, 11) is 1.46. The lowest BCUT2D eigenvalue weighted by molar-refractivity contribution is -0.151. The number of nitrogens with one attached hydrogen (secondary N) is 1. The average molecular weight is 381 g/mol. The Morgan fingerprint density at radius 3 is 2.21 bits per heavy atom. The van der Waals surface area contributed by atoms with Crippen LogP contribution in [0.2, 0.25) is 0 Å². The highest BCUT2D eigenvalue weighted by molar-refractivity contribution is 6.36. The van der Waals surface area contributed by atoms with Crippen LogP contribution in [0.5, 0.6) is 5.75 Å². The van der Waals surface area contributed by atoms with E-state index in [0.29, 0.717) is 11.3 Å². The van der Waals surface area contributed by atoms with E-state index in [-0.39, 0.29) is 11.3 Å². The molecule has 0 bridgehead atoms. The third-order valence-corrected chi connectivity index (χ3v) is 3.75. The van der Waals surface area contributed by atoms with Crippen molar-refractivity contribution >= 4 is 17.6 Å². The van der Waals surface area contributed by atoms with E-state index in [1.54, 1.807) is 75.4 Å². The van der Waals surface area contributed by atoms with Crippen molar-refractivity contribution in [1.29, 1.82) is 0 Å². The van der Waals surface area contributed by atoms with Crippen molar-refractivity contribution in [3.05, 3.63) is 71.3 Å². The van der Waals surface area contributed by atoms with Crippen molar-refractivity contribution in [2.24, 2.45) is 0 Å². The number of hydrogen-bond acceptors (Lipinski definition) is 4. The lowest BCUT2D eigenvalue weighted by Crippen LogP contribution is -2.40. The van der Waals surface area contributed by atoms with Crippen molar-refractivity contribution < 1.29 is 23.9 Å². The molecule has 0 aliphatic rings.